The molecule has 2 rings (SSSR count). The highest BCUT2D eigenvalue weighted by atomic mass is 16.6. The molecule has 1 aromatic carbocycles. The molecule has 0 spiro atoms. The predicted octanol–water partition coefficient (Wildman–Crippen LogP) is 1.39. The second kappa shape index (κ2) is 5.79. The third-order valence-corrected chi connectivity index (χ3v) is 3.21. The molecule has 0 atom stereocenters. The van der Waals surface area contributed by atoms with Crippen LogP contribution >= 0.6 is 0 Å². The van der Waals surface area contributed by atoms with Gasteiger partial charge < -0.3 is 10.6 Å². The standard InChI is InChI=1S/C13H17N3O3/c1-9-6-10(8-12(7-9)16(18)19)13(17)15-11-2-4-14-5-3-11/h6-8,11,14H,2-5H2,1H3,(H,15,17). The SMILES string of the molecule is Cc1cc(C(=O)NC2CCNCC2)cc([N+](=O)[O-])c1. The van der Waals surface area contributed by atoms with Crippen molar-refractivity contribution in [2.24, 2.45) is 0 Å². The van der Waals surface area contributed by atoms with E-state index in [-0.39, 0.29) is 17.6 Å². The molecular weight excluding hydrogens is 246 g/mol. The van der Waals surface area contributed by atoms with Gasteiger partial charge in [-0.15, -0.1) is 0 Å². The van der Waals surface area contributed by atoms with Gasteiger partial charge in [-0.2, -0.15) is 0 Å². The molecule has 6 heteroatoms. The maximum Gasteiger partial charge on any atom is 0.270 e. The Morgan fingerprint density at radius 3 is 2.68 bits per heavy atom. The monoisotopic (exact) mass is 263 g/mol. The number of nitro groups is 1. The molecule has 2 N–H and O–H groups in total. The second-order valence-electron chi connectivity index (χ2n) is 4.81. The number of nitrogens with zero attached hydrogens (tertiary/aromatic N) is 1. The maximum atomic E-state index is 12.1. The topological polar surface area (TPSA) is 84.3 Å². The lowest BCUT2D eigenvalue weighted by molar-refractivity contribution is -0.384. The fraction of sp³-hybridized carbons (Fsp3) is 0.462. The zero-order valence-electron chi connectivity index (χ0n) is 10.8. The molecule has 1 aliphatic heterocycles. The Morgan fingerprint density at radius 2 is 2.05 bits per heavy atom. The molecule has 19 heavy (non-hydrogen) atoms. The summed E-state index contributed by atoms with van der Waals surface area (Å²) < 4.78 is 0. The first kappa shape index (κ1) is 13.5. The maximum absolute atomic E-state index is 12.1. The number of aryl methyl sites for hydroxylation is 1. The summed E-state index contributed by atoms with van der Waals surface area (Å²) in [5.74, 6) is -0.237. The zero-order valence-corrected chi connectivity index (χ0v) is 10.8. The molecular formula is C13H17N3O3. The molecule has 1 fully saturated rings. The number of hydrogen-bond acceptors (Lipinski definition) is 4. The summed E-state index contributed by atoms with van der Waals surface area (Å²) >= 11 is 0. The number of rotatable bonds is 3. The van der Waals surface area contributed by atoms with Crippen molar-refractivity contribution >= 4 is 11.6 Å². The summed E-state index contributed by atoms with van der Waals surface area (Å²) in [7, 11) is 0. The van der Waals surface area contributed by atoms with Crippen LogP contribution in [-0.4, -0.2) is 30.0 Å². The summed E-state index contributed by atoms with van der Waals surface area (Å²) in [5, 5.41) is 16.9. The predicted molar refractivity (Wildman–Crippen MR) is 71.2 cm³/mol. The lowest BCUT2D eigenvalue weighted by atomic mass is 10.1. The lowest BCUT2D eigenvalue weighted by Crippen LogP contribution is -2.42. The number of nitrogens with one attached hydrogen (secondary N) is 2. The van der Waals surface area contributed by atoms with E-state index in [1.807, 2.05) is 0 Å². The van der Waals surface area contributed by atoms with Crippen LogP contribution in [0, 0.1) is 17.0 Å². The van der Waals surface area contributed by atoms with Crippen LogP contribution in [0.3, 0.4) is 0 Å². The van der Waals surface area contributed by atoms with E-state index in [2.05, 4.69) is 10.6 Å². The van der Waals surface area contributed by atoms with Crippen LogP contribution in [0.1, 0.15) is 28.8 Å². The Labute approximate surface area is 111 Å². The molecule has 6 nitrogen and oxygen atoms in total. The van der Waals surface area contributed by atoms with Gasteiger partial charge in [-0.3, -0.25) is 14.9 Å². The molecule has 0 radical (unpaired) electrons. The number of carbonyl (C=O) groups is 1. The van der Waals surface area contributed by atoms with Gasteiger partial charge in [0.25, 0.3) is 11.6 Å². The van der Waals surface area contributed by atoms with E-state index in [1.54, 1.807) is 13.0 Å². The van der Waals surface area contributed by atoms with Crippen LogP contribution in [0.4, 0.5) is 5.69 Å². The average Bonchev–Trinajstić information content (AvgIpc) is 2.39. The number of non-ortho nitro benzene ring substituents is 1. The van der Waals surface area contributed by atoms with Crippen LogP contribution in [0.15, 0.2) is 18.2 Å². The third-order valence-electron chi connectivity index (χ3n) is 3.21. The fourth-order valence-corrected chi connectivity index (χ4v) is 2.23. The van der Waals surface area contributed by atoms with Gasteiger partial charge in [0.15, 0.2) is 0 Å². The molecule has 0 aromatic heterocycles. The number of hydrogen-bond donors (Lipinski definition) is 2. The van der Waals surface area contributed by atoms with Crippen LogP contribution in [0.5, 0.6) is 0 Å². The molecule has 1 aromatic rings. The molecule has 1 heterocycles. The van der Waals surface area contributed by atoms with Crippen molar-refractivity contribution < 1.29 is 9.72 Å². The van der Waals surface area contributed by atoms with Gasteiger partial charge >= 0.3 is 0 Å². The quantitative estimate of drug-likeness (QED) is 0.637. The number of carbonyl (C=O) groups excluding carboxylic acids is 1. The Morgan fingerprint density at radius 1 is 1.37 bits per heavy atom. The van der Waals surface area contributed by atoms with E-state index >= 15 is 0 Å². The molecule has 1 aliphatic rings. The smallest absolute Gasteiger partial charge is 0.270 e. The fourth-order valence-electron chi connectivity index (χ4n) is 2.23. The molecule has 102 valence electrons. The first-order valence-electron chi connectivity index (χ1n) is 6.34. The molecule has 1 amide bonds. The van der Waals surface area contributed by atoms with E-state index < -0.39 is 4.92 Å². The molecule has 0 aliphatic carbocycles. The highest BCUT2D eigenvalue weighted by Gasteiger charge is 2.18. The first-order valence-corrected chi connectivity index (χ1v) is 6.34. The van der Waals surface area contributed by atoms with Crippen LogP contribution in [0.2, 0.25) is 0 Å². The van der Waals surface area contributed by atoms with Crippen LogP contribution in [0.25, 0.3) is 0 Å². The minimum Gasteiger partial charge on any atom is -0.349 e. The van der Waals surface area contributed by atoms with Crippen molar-refractivity contribution in [1.82, 2.24) is 10.6 Å². The Balaban J connectivity index is 2.11. The molecule has 0 unspecified atom stereocenters. The van der Waals surface area contributed by atoms with Gasteiger partial charge in [-0.25, -0.2) is 0 Å². The highest BCUT2D eigenvalue weighted by molar-refractivity contribution is 5.95. The van der Waals surface area contributed by atoms with Crippen molar-refractivity contribution in [3.8, 4) is 0 Å². The molecule has 0 saturated carbocycles. The van der Waals surface area contributed by atoms with E-state index in [1.165, 1.54) is 12.1 Å². The van der Waals surface area contributed by atoms with Gasteiger partial charge in [0.05, 0.1) is 4.92 Å². The lowest BCUT2D eigenvalue weighted by Gasteiger charge is -2.23. The van der Waals surface area contributed by atoms with Crippen LogP contribution < -0.4 is 10.6 Å². The minimum absolute atomic E-state index is 0.0459. The Kier molecular flexibility index (Phi) is 4.11. The van der Waals surface area contributed by atoms with Crippen molar-refractivity contribution in [2.75, 3.05) is 13.1 Å². The van der Waals surface area contributed by atoms with Gasteiger partial charge in [0, 0.05) is 23.7 Å². The summed E-state index contributed by atoms with van der Waals surface area (Å²) in [4.78, 5) is 22.4. The van der Waals surface area contributed by atoms with Gasteiger partial charge in [0.1, 0.15) is 0 Å². The average molecular weight is 263 g/mol. The largest absolute Gasteiger partial charge is 0.349 e. The summed E-state index contributed by atoms with van der Waals surface area (Å²) in [5.41, 5.74) is 1.02. The van der Waals surface area contributed by atoms with Crippen molar-refractivity contribution in [3.63, 3.8) is 0 Å². The van der Waals surface area contributed by atoms with E-state index in [4.69, 9.17) is 0 Å². The minimum atomic E-state index is -0.478. The Hall–Kier alpha value is -1.95. The number of piperidine rings is 1. The summed E-state index contributed by atoms with van der Waals surface area (Å²) in [6.45, 7) is 3.52. The number of amides is 1. The molecule has 0 bridgehead atoms. The van der Waals surface area contributed by atoms with Crippen molar-refractivity contribution in [2.45, 2.75) is 25.8 Å². The van der Waals surface area contributed by atoms with Gasteiger partial charge in [-0.05, 0) is 44.5 Å². The summed E-state index contributed by atoms with van der Waals surface area (Å²) in [6, 6.07) is 4.60. The number of nitro benzene ring substituents is 1. The normalized spacial score (nSPS) is 16.1. The highest BCUT2D eigenvalue weighted by Crippen LogP contribution is 2.17. The van der Waals surface area contributed by atoms with Gasteiger partial charge in [0.2, 0.25) is 0 Å². The van der Waals surface area contributed by atoms with E-state index in [0.717, 1.165) is 25.9 Å². The van der Waals surface area contributed by atoms with Crippen molar-refractivity contribution in [3.05, 3.63) is 39.4 Å². The van der Waals surface area contributed by atoms with Crippen LogP contribution in [-0.2, 0) is 0 Å². The summed E-state index contributed by atoms with van der Waals surface area (Å²) in [6.07, 6.45) is 1.78. The second-order valence-corrected chi connectivity index (χ2v) is 4.81. The number of benzene rings is 1. The van der Waals surface area contributed by atoms with Crippen molar-refractivity contribution in [1.29, 1.82) is 0 Å². The van der Waals surface area contributed by atoms with E-state index in [9.17, 15) is 14.9 Å². The Bertz CT molecular complexity index is 496. The first-order chi connectivity index (χ1) is 9.06. The molecule has 1 saturated heterocycles. The van der Waals surface area contributed by atoms with Gasteiger partial charge in [-0.1, -0.05) is 0 Å². The zero-order chi connectivity index (χ0) is 13.8. The van der Waals surface area contributed by atoms with E-state index in [0.29, 0.717) is 11.1 Å². The third kappa shape index (κ3) is 3.51.